The molecule has 3 aromatic carbocycles. The van der Waals surface area contributed by atoms with E-state index < -0.39 is 0 Å². The van der Waals surface area contributed by atoms with Gasteiger partial charge in [-0.25, -0.2) is 4.99 Å². The second-order valence-electron chi connectivity index (χ2n) is 5.97. The summed E-state index contributed by atoms with van der Waals surface area (Å²) in [6.07, 6.45) is 11.2. The van der Waals surface area contributed by atoms with Gasteiger partial charge in [0.05, 0.1) is 18.5 Å². The lowest BCUT2D eigenvalue weighted by molar-refractivity contribution is 0.415. The number of hydrogen-bond donors (Lipinski definition) is 0. The first-order chi connectivity index (χ1) is 12.7. The molecular formula is C24H15NO. The van der Waals surface area contributed by atoms with Crippen LogP contribution in [0.3, 0.4) is 0 Å². The van der Waals surface area contributed by atoms with Gasteiger partial charge in [0.1, 0.15) is 5.75 Å². The van der Waals surface area contributed by atoms with Crippen molar-refractivity contribution in [2.24, 2.45) is 4.99 Å². The van der Waals surface area contributed by atoms with Crippen LogP contribution in [0.2, 0.25) is 0 Å². The van der Waals surface area contributed by atoms with E-state index in [9.17, 15) is 0 Å². The summed E-state index contributed by atoms with van der Waals surface area (Å²) in [5, 5.41) is 0. The van der Waals surface area contributed by atoms with Crippen molar-refractivity contribution in [3.63, 3.8) is 0 Å². The third-order valence-corrected chi connectivity index (χ3v) is 4.49. The Labute approximate surface area is 153 Å². The molecule has 0 amide bonds. The van der Waals surface area contributed by atoms with Crippen molar-refractivity contribution in [1.29, 1.82) is 0 Å². The third-order valence-electron chi connectivity index (χ3n) is 4.49. The first-order valence-electron chi connectivity index (χ1n) is 8.18. The van der Waals surface area contributed by atoms with Gasteiger partial charge in [0.2, 0.25) is 0 Å². The second-order valence-corrected chi connectivity index (χ2v) is 5.97. The SMILES string of the molecule is C#Cc1ccc2c(c1)C(=Nc1ccc(OC)cc1)c1cc(C#C)ccc1-2. The highest BCUT2D eigenvalue weighted by atomic mass is 16.5. The van der Waals surface area contributed by atoms with Gasteiger partial charge in [-0.05, 0) is 59.7 Å². The summed E-state index contributed by atoms with van der Waals surface area (Å²) in [5.74, 6) is 6.20. The summed E-state index contributed by atoms with van der Waals surface area (Å²) < 4.78 is 5.22. The van der Waals surface area contributed by atoms with Gasteiger partial charge in [-0.3, -0.25) is 0 Å². The maximum atomic E-state index is 5.59. The summed E-state index contributed by atoms with van der Waals surface area (Å²) in [6, 6.07) is 19.7. The molecule has 0 aliphatic heterocycles. The number of ether oxygens (including phenoxy) is 1. The molecule has 26 heavy (non-hydrogen) atoms. The van der Waals surface area contributed by atoms with Crippen molar-refractivity contribution in [3.8, 4) is 41.6 Å². The van der Waals surface area contributed by atoms with Gasteiger partial charge in [-0.15, -0.1) is 12.8 Å². The fourth-order valence-corrected chi connectivity index (χ4v) is 3.18. The largest absolute Gasteiger partial charge is 0.497 e. The van der Waals surface area contributed by atoms with Gasteiger partial charge >= 0.3 is 0 Å². The molecule has 0 N–H and O–H groups in total. The Kier molecular flexibility index (Phi) is 3.81. The number of aliphatic imine (C=N–C) groups is 1. The van der Waals surface area contributed by atoms with Gasteiger partial charge in [0, 0.05) is 22.3 Å². The Bertz CT molecular complexity index is 1060. The summed E-state index contributed by atoms with van der Waals surface area (Å²) in [6.45, 7) is 0. The summed E-state index contributed by atoms with van der Waals surface area (Å²) in [7, 11) is 1.65. The van der Waals surface area contributed by atoms with Crippen molar-refractivity contribution in [1.82, 2.24) is 0 Å². The molecule has 0 radical (unpaired) electrons. The topological polar surface area (TPSA) is 21.6 Å². The van der Waals surface area contributed by atoms with Crippen molar-refractivity contribution >= 4 is 11.4 Å². The fourth-order valence-electron chi connectivity index (χ4n) is 3.18. The number of methoxy groups -OCH3 is 1. The maximum Gasteiger partial charge on any atom is 0.119 e. The standard InChI is InChI=1S/C24H15NO/c1-4-16-6-12-20-21-13-7-17(5-2)15-23(21)24(22(20)14-16)25-18-8-10-19(26-3)11-9-18/h1-2,6-15H,3H3. The van der Waals surface area contributed by atoms with Gasteiger partial charge in [-0.2, -0.15) is 0 Å². The van der Waals surface area contributed by atoms with Crippen LogP contribution in [0.4, 0.5) is 5.69 Å². The van der Waals surface area contributed by atoms with Crippen molar-refractivity contribution < 1.29 is 4.74 Å². The van der Waals surface area contributed by atoms with Crippen molar-refractivity contribution in [2.45, 2.75) is 0 Å². The number of benzene rings is 3. The molecule has 4 rings (SSSR count). The van der Waals surface area contributed by atoms with Crippen molar-refractivity contribution in [2.75, 3.05) is 7.11 Å². The van der Waals surface area contributed by atoms with Crippen LogP contribution in [-0.4, -0.2) is 12.8 Å². The first kappa shape index (κ1) is 15.8. The fraction of sp³-hybridized carbons (Fsp3) is 0.0417. The molecule has 0 spiro atoms. The summed E-state index contributed by atoms with van der Waals surface area (Å²) in [4.78, 5) is 4.89. The number of fused-ring (bicyclic) bond motifs is 3. The minimum atomic E-state index is 0.797. The smallest absolute Gasteiger partial charge is 0.119 e. The Morgan fingerprint density at radius 3 is 1.73 bits per heavy atom. The maximum absolute atomic E-state index is 5.59. The molecule has 3 aromatic rings. The molecule has 122 valence electrons. The molecule has 2 nitrogen and oxygen atoms in total. The van der Waals surface area contributed by atoms with E-state index in [1.807, 2.05) is 48.5 Å². The molecule has 0 aromatic heterocycles. The minimum absolute atomic E-state index is 0.797. The molecule has 0 saturated carbocycles. The monoisotopic (exact) mass is 333 g/mol. The quantitative estimate of drug-likeness (QED) is 0.483. The van der Waals surface area contributed by atoms with E-state index >= 15 is 0 Å². The van der Waals surface area contributed by atoms with Crippen LogP contribution in [0.1, 0.15) is 22.3 Å². The zero-order valence-electron chi connectivity index (χ0n) is 14.3. The molecule has 0 bridgehead atoms. The highest BCUT2D eigenvalue weighted by Gasteiger charge is 2.25. The highest BCUT2D eigenvalue weighted by molar-refractivity contribution is 6.25. The zero-order valence-corrected chi connectivity index (χ0v) is 14.3. The number of terminal acetylenes is 2. The van der Waals surface area contributed by atoms with E-state index in [2.05, 4.69) is 24.0 Å². The summed E-state index contributed by atoms with van der Waals surface area (Å²) >= 11 is 0. The zero-order chi connectivity index (χ0) is 18.1. The highest BCUT2D eigenvalue weighted by Crippen LogP contribution is 2.39. The molecule has 0 atom stereocenters. The lowest BCUT2D eigenvalue weighted by Gasteiger charge is -2.04. The van der Waals surface area contributed by atoms with Gasteiger partial charge < -0.3 is 4.74 Å². The van der Waals surface area contributed by atoms with Crippen LogP contribution < -0.4 is 4.74 Å². The molecule has 0 unspecified atom stereocenters. The van der Waals surface area contributed by atoms with E-state index in [-0.39, 0.29) is 0 Å². The Morgan fingerprint density at radius 2 is 1.27 bits per heavy atom. The average molecular weight is 333 g/mol. The van der Waals surface area contributed by atoms with Crippen LogP contribution in [0, 0.1) is 24.7 Å². The predicted molar refractivity (Wildman–Crippen MR) is 106 cm³/mol. The van der Waals surface area contributed by atoms with Crippen LogP contribution >= 0.6 is 0 Å². The molecule has 0 heterocycles. The minimum Gasteiger partial charge on any atom is -0.497 e. The normalized spacial score (nSPS) is 11.1. The molecule has 0 saturated heterocycles. The van der Waals surface area contributed by atoms with Crippen molar-refractivity contribution in [3.05, 3.63) is 82.9 Å². The molecule has 1 aliphatic rings. The van der Waals surface area contributed by atoms with E-state index in [1.165, 1.54) is 0 Å². The first-order valence-corrected chi connectivity index (χ1v) is 8.18. The third kappa shape index (κ3) is 2.55. The number of hydrogen-bond acceptors (Lipinski definition) is 2. The Balaban J connectivity index is 1.94. The van der Waals surface area contributed by atoms with Gasteiger partial charge in [-0.1, -0.05) is 24.0 Å². The Hall–Kier alpha value is -3.75. The molecule has 0 fully saturated rings. The van der Waals surface area contributed by atoms with E-state index in [1.54, 1.807) is 7.11 Å². The summed E-state index contributed by atoms with van der Waals surface area (Å²) in [5.41, 5.74) is 7.68. The molecule has 2 heteroatoms. The number of nitrogens with zero attached hydrogens (tertiary/aromatic N) is 1. The van der Waals surface area contributed by atoms with Crippen LogP contribution in [-0.2, 0) is 0 Å². The van der Waals surface area contributed by atoms with Crippen LogP contribution in [0.5, 0.6) is 5.75 Å². The predicted octanol–water partition coefficient (Wildman–Crippen LogP) is 4.81. The van der Waals surface area contributed by atoms with Crippen LogP contribution in [0.15, 0.2) is 65.7 Å². The van der Waals surface area contributed by atoms with Gasteiger partial charge in [0.15, 0.2) is 0 Å². The van der Waals surface area contributed by atoms with E-state index in [0.29, 0.717) is 0 Å². The van der Waals surface area contributed by atoms with Gasteiger partial charge in [0.25, 0.3) is 0 Å². The van der Waals surface area contributed by atoms with E-state index in [4.69, 9.17) is 22.6 Å². The second kappa shape index (κ2) is 6.28. The lowest BCUT2D eigenvalue weighted by Crippen LogP contribution is -1.98. The molecule has 1 aliphatic carbocycles. The number of rotatable bonds is 2. The molecular weight excluding hydrogens is 318 g/mol. The average Bonchev–Trinajstić information content (AvgIpc) is 3.00. The lowest BCUT2D eigenvalue weighted by atomic mass is 10.0. The van der Waals surface area contributed by atoms with E-state index in [0.717, 1.165) is 50.5 Å². The van der Waals surface area contributed by atoms with Crippen LogP contribution in [0.25, 0.3) is 11.1 Å². The Morgan fingerprint density at radius 1 is 0.731 bits per heavy atom.